The highest BCUT2D eigenvalue weighted by molar-refractivity contribution is 5.67. The van der Waals surface area contributed by atoms with Crippen LogP contribution in [-0.2, 0) is 6.42 Å². The predicted molar refractivity (Wildman–Crippen MR) is 145 cm³/mol. The van der Waals surface area contributed by atoms with Crippen molar-refractivity contribution in [1.29, 1.82) is 0 Å². The topological polar surface area (TPSA) is 61.3 Å². The van der Waals surface area contributed by atoms with Gasteiger partial charge in [-0.15, -0.1) is 0 Å². The van der Waals surface area contributed by atoms with Crippen LogP contribution in [0.2, 0.25) is 0 Å². The summed E-state index contributed by atoms with van der Waals surface area (Å²) in [5.74, 6) is 5.33. The zero-order chi connectivity index (χ0) is 23.8. The van der Waals surface area contributed by atoms with Gasteiger partial charge in [-0.25, -0.2) is 0 Å². The van der Waals surface area contributed by atoms with Gasteiger partial charge >= 0.3 is 0 Å². The number of anilines is 2. The molecular formula is C31H46N2O. The molecule has 0 amide bonds. The van der Waals surface area contributed by atoms with Crippen molar-refractivity contribution >= 4 is 11.4 Å². The summed E-state index contributed by atoms with van der Waals surface area (Å²) in [5.41, 5.74) is 14.6. The standard InChI is InChI=1S/C31H46N2O/c1-2-3-4-6-23-11-17-26(18-12-23)27-19-13-24(14-20-27)9-10-25-15-21-28(22-16-25)34-31-29(32)7-5-8-30(31)33/h5,7-8,15-16,21-24,26-27H,2-4,6,9-14,17-20,32-33H2,1H3. The number of ether oxygens (including phenoxy) is 1. The first-order valence-corrected chi connectivity index (χ1v) is 14.0. The first-order chi connectivity index (χ1) is 16.6. The molecule has 34 heavy (non-hydrogen) atoms. The van der Waals surface area contributed by atoms with Gasteiger partial charge in [0.05, 0.1) is 11.4 Å². The zero-order valence-corrected chi connectivity index (χ0v) is 21.3. The minimum absolute atomic E-state index is 0.553. The van der Waals surface area contributed by atoms with Gasteiger partial charge in [-0.1, -0.05) is 76.5 Å². The minimum atomic E-state index is 0.553. The summed E-state index contributed by atoms with van der Waals surface area (Å²) in [4.78, 5) is 0. The Labute approximate surface area is 207 Å². The van der Waals surface area contributed by atoms with Gasteiger partial charge in [0.25, 0.3) is 0 Å². The van der Waals surface area contributed by atoms with E-state index < -0.39 is 0 Å². The smallest absolute Gasteiger partial charge is 0.173 e. The van der Waals surface area contributed by atoms with E-state index in [4.69, 9.17) is 16.2 Å². The van der Waals surface area contributed by atoms with Crippen molar-refractivity contribution in [3.05, 3.63) is 48.0 Å². The maximum absolute atomic E-state index is 6.01. The van der Waals surface area contributed by atoms with Crippen molar-refractivity contribution in [2.24, 2.45) is 23.7 Å². The molecule has 0 aromatic heterocycles. The third kappa shape index (κ3) is 6.93. The number of para-hydroxylation sites is 1. The Bertz CT molecular complexity index is 841. The summed E-state index contributed by atoms with van der Waals surface area (Å²) < 4.78 is 5.94. The average molecular weight is 463 g/mol. The Hall–Kier alpha value is -2.16. The van der Waals surface area contributed by atoms with Crippen molar-refractivity contribution < 1.29 is 4.74 Å². The lowest BCUT2D eigenvalue weighted by Crippen LogP contribution is -2.26. The molecule has 2 aromatic rings. The molecule has 3 heteroatoms. The first kappa shape index (κ1) is 24.9. The molecular weight excluding hydrogens is 416 g/mol. The number of aryl methyl sites for hydroxylation is 1. The highest BCUT2D eigenvalue weighted by atomic mass is 16.5. The summed E-state index contributed by atoms with van der Waals surface area (Å²) in [6.07, 6.45) is 20.1. The molecule has 2 saturated carbocycles. The van der Waals surface area contributed by atoms with Gasteiger partial charge in [0, 0.05) is 0 Å². The molecule has 0 aliphatic heterocycles. The van der Waals surface area contributed by atoms with Gasteiger partial charge in [0.1, 0.15) is 5.75 Å². The molecule has 0 atom stereocenters. The Balaban J connectivity index is 1.16. The number of rotatable bonds is 10. The summed E-state index contributed by atoms with van der Waals surface area (Å²) in [6, 6.07) is 13.9. The largest absolute Gasteiger partial charge is 0.453 e. The minimum Gasteiger partial charge on any atom is -0.453 e. The summed E-state index contributed by atoms with van der Waals surface area (Å²) >= 11 is 0. The normalized spacial score (nSPS) is 25.2. The van der Waals surface area contributed by atoms with Gasteiger partial charge in [-0.3, -0.25) is 0 Å². The van der Waals surface area contributed by atoms with Crippen LogP contribution in [0.1, 0.15) is 96.0 Å². The lowest BCUT2D eigenvalue weighted by Gasteiger charge is -2.38. The second-order valence-corrected chi connectivity index (χ2v) is 11.1. The van der Waals surface area contributed by atoms with E-state index in [2.05, 4.69) is 19.1 Å². The van der Waals surface area contributed by atoms with E-state index in [1.807, 2.05) is 30.3 Å². The third-order valence-electron chi connectivity index (χ3n) is 8.73. The van der Waals surface area contributed by atoms with E-state index in [0.29, 0.717) is 17.1 Å². The lowest BCUT2D eigenvalue weighted by atomic mass is 9.68. The zero-order valence-electron chi connectivity index (χ0n) is 21.3. The number of hydrogen-bond acceptors (Lipinski definition) is 3. The Morgan fingerprint density at radius 2 is 1.26 bits per heavy atom. The maximum atomic E-state index is 6.01. The van der Waals surface area contributed by atoms with Crippen LogP contribution >= 0.6 is 0 Å². The Morgan fingerprint density at radius 3 is 1.82 bits per heavy atom. The maximum Gasteiger partial charge on any atom is 0.173 e. The van der Waals surface area contributed by atoms with Crippen LogP contribution in [0, 0.1) is 23.7 Å². The second-order valence-electron chi connectivity index (χ2n) is 11.1. The van der Waals surface area contributed by atoms with E-state index in [9.17, 15) is 0 Å². The first-order valence-electron chi connectivity index (χ1n) is 14.0. The van der Waals surface area contributed by atoms with Crippen LogP contribution in [0.3, 0.4) is 0 Å². The van der Waals surface area contributed by atoms with E-state index >= 15 is 0 Å². The number of nitrogen functional groups attached to an aromatic ring is 2. The molecule has 2 aromatic carbocycles. The van der Waals surface area contributed by atoms with Crippen LogP contribution in [0.5, 0.6) is 11.5 Å². The van der Waals surface area contributed by atoms with Crippen molar-refractivity contribution in [3.8, 4) is 11.5 Å². The van der Waals surface area contributed by atoms with Crippen molar-refractivity contribution in [1.82, 2.24) is 0 Å². The monoisotopic (exact) mass is 462 g/mol. The van der Waals surface area contributed by atoms with E-state index in [1.54, 1.807) is 0 Å². The van der Waals surface area contributed by atoms with Crippen molar-refractivity contribution in [2.45, 2.75) is 96.8 Å². The highest BCUT2D eigenvalue weighted by Crippen LogP contribution is 2.43. The average Bonchev–Trinajstić information content (AvgIpc) is 2.87. The van der Waals surface area contributed by atoms with Crippen LogP contribution in [0.4, 0.5) is 11.4 Å². The molecule has 4 rings (SSSR count). The molecule has 0 spiro atoms. The Morgan fingerprint density at radius 1 is 0.706 bits per heavy atom. The van der Waals surface area contributed by atoms with E-state index in [0.717, 1.165) is 35.8 Å². The van der Waals surface area contributed by atoms with E-state index in [-0.39, 0.29) is 0 Å². The lowest BCUT2D eigenvalue weighted by molar-refractivity contribution is 0.140. The fourth-order valence-electron chi connectivity index (χ4n) is 6.48. The molecule has 0 bridgehead atoms. The quantitative estimate of drug-likeness (QED) is 0.274. The number of unbranched alkanes of at least 4 members (excludes halogenated alkanes) is 2. The SMILES string of the molecule is CCCCCC1CCC(C2CCC(CCc3ccc(Oc4c(N)cccc4N)cc3)CC2)CC1. The summed E-state index contributed by atoms with van der Waals surface area (Å²) in [6.45, 7) is 2.32. The van der Waals surface area contributed by atoms with Gasteiger partial charge in [-0.05, 0) is 92.0 Å². The van der Waals surface area contributed by atoms with Crippen LogP contribution in [-0.4, -0.2) is 0 Å². The fraction of sp³-hybridized carbons (Fsp3) is 0.613. The summed E-state index contributed by atoms with van der Waals surface area (Å²) in [5, 5.41) is 0. The van der Waals surface area contributed by atoms with Gasteiger partial charge in [0.15, 0.2) is 5.75 Å². The molecule has 4 N–H and O–H groups in total. The molecule has 0 radical (unpaired) electrons. The van der Waals surface area contributed by atoms with Gasteiger partial charge in [-0.2, -0.15) is 0 Å². The van der Waals surface area contributed by atoms with Crippen LogP contribution in [0.25, 0.3) is 0 Å². The third-order valence-corrected chi connectivity index (χ3v) is 8.73. The number of nitrogens with two attached hydrogens (primary N) is 2. The van der Waals surface area contributed by atoms with Crippen LogP contribution in [0.15, 0.2) is 42.5 Å². The van der Waals surface area contributed by atoms with Gasteiger partial charge < -0.3 is 16.2 Å². The Kier molecular flexibility index (Phi) is 9.18. The molecule has 0 saturated heterocycles. The fourth-order valence-corrected chi connectivity index (χ4v) is 6.48. The molecule has 2 fully saturated rings. The second kappa shape index (κ2) is 12.5. The molecule has 0 unspecified atom stereocenters. The number of benzene rings is 2. The molecule has 3 nitrogen and oxygen atoms in total. The van der Waals surface area contributed by atoms with Crippen LogP contribution < -0.4 is 16.2 Å². The highest BCUT2D eigenvalue weighted by Gasteiger charge is 2.30. The van der Waals surface area contributed by atoms with Crippen molar-refractivity contribution in [3.63, 3.8) is 0 Å². The summed E-state index contributed by atoms with van der Waals surface area (Å²) in [7, 11) is 0. The van der Waals surface area contributed by atoms with Crippen molar-refractivity contribution in [2.75, 3.05) is 11.5 Å². The molecule has 186 valence electrons. The predicted octanol–water partition coefficient (Wildman–Crippen LogP) is 8.77. The molecule has 0 heterocycles. The molecule has 2 aliphatic carbocycles. The molecule has 2 aliphatic rings. The number of hydrogen-bond donors (Lipinski definition) is 2. The van der Waals surface area contributed by atoms with Gasteiger partial charge in [0.2, 0.25) is 0 Å². The van der Waals surface area contributed by atoms with E-state index in [1.165, 1.54) is 89.0 Å².